The van der Waals surface area contributed by atoms with Crippen molar-refractivity contribution < 1.29 is 9.26 Å². The number of aromatic nitrogens is 1. The van der Waals surface area contributed by atoms with Crippen LogP contribution in [-0.2, 0) is 13.2 Å². The van der Waals surface area contributed by atoms with Crippen LogP contribution in [0.2, 0.25) is 0 Å². The first-order valence-electron chi connectivity index (χ1n) is 5.36. The van der Waals surface area contributed by atoms with Crippen molar-refractivity contribution in [1.29, 1.82) is 0 Å². The highest BCUT2D eigenvalue weighted by molar-refractivity contribution is 9.11. The molecule has 1 heterocycles. The highest BCUT2D eigenvalue weighted by Gasteiger charge is 2.06. The molecule has 1 aromatic heterocycles. The SMILES string of the molecule is CNCc1cc(COc2ccc(Br)cc2Br)on1. The maximum absolute atomic E-state index is 5.65. The minimum absolute atomic E-state index is 0.358. The van der Waals surface area contributed by atoms with Crippen LogP contribution in [0.1, 0.15) is 11.5 Å². The van der Waals surface area contributed by atoms with Crippen molar-refractivity contribution in [1.82, 2.24) is 10.5 Å². The molecular weight excluding hydrogens is 364 g/mol. The van der Waals surface area contributed by atoms with E-state index in [-0.39, 0.29) is 0 Å². The molecule has 6 heteroatoms. The molecule has 0 saturated carbocycles. The Hall–Kier alpha value is -0.850. The number of halogens is 2. The van der Waals surface area contributed by atoms with E-state index in [1.165, 1.54) is 0 Å². The molecule has 2 rings (SSSR count). The third-order valence-corrected chi connectivity index (χ3v) is 3.34. The molecule has 2 aromatic rings. The monoisotopic (exact) mass is 374 g/mol. The van der Waals surface area contributed by atoms with Crippen LogP contribution >= 0.6 is 31.9 Å². The molecule has 18 heavy (non-hydrogen) atoms. The molecular formula is C12H12Br2N2O2. The van der Waals surface area contributed by atoms with E-state index in [9.17, 15) is 0 Å². The summed E-state index contributed by atoms with van der Waals surface area (Å²) in [5.74, 6) is 1.47. The van der Waals surface area contributed by atoms with E-state index in [0.717, 1.165) is 20.4 Å². The second kappa shape index (κ2) is 6.36. The summed E-state index contributed by atoms with van der Waals surface area (Å²) in [6, 6.07) is 7.62. The van der Waals surface area contributed by atoms with Gasteiger partial charge in [-0.3, -0.25) is 0 Å². The highest BCUT2D eigenvalue weighted by atomic mass is 79.9. The van der Waals surface area contributed by atoms with Crippen molar-refractivity contribution in [2.24, 2.45) is 0 Å². The average molecular weight is 376 g/mol. The lowest BCUT2D eigenvalue weighted by atomic mass is 10.3. The minimum atomic E-state index is 0.358. The van der Waals surface area contributed by atoms with Gasteiger partial charge < -0.3 is 14.6 Å². The molecule has 96 valence electrons. The van der Waals surface area contributed by atoms with E-state index in [1.807, 2.05) is 31.3 Å². The lowest BCUT2D eigenvalue weighted by Crippen LogP contribution is -2.04. The van der Waals surface area contributed by atoms with Crippen LogP contribution in [0.3, 0.4) is 0 Å². The second-order valence-electron chi connectivity index (χ2n) is 3.68. The van der Waals surface area contributed by atoms with Gasteiger partial charge in [0.05, 0.1) is 10.2 Å². The van der Waals surface area contributed by atoms with E-state index < -0.39 is 0 Å². The first kappa shape index (κ1) is 13.6. The Balaban J connectivity index is 1.97. The zero-order valence-corrected chi connectivity index (χ0v) is 12.9. The van der Waals surface area contributed by atoms with Gasteiger partial charge in [0.25, 0.3) is 0 Å². The minimum Gasteiger partial charge on any atom is -0.484 e. The lowest BCUT2D eigenvalue weighted by Gasteiger charge is -2.06. The van der Waals surface area contributed by atoms with Crippen LogP contribution in [0.5, 0.6) is 5.75 Å². The van der Waals surface area contributed by atoms with Crippen molar-refractivity contribution in [3.8, 4) is 5.75 Å². The zero-order valence-electron chi connectivity index (χ0n) is 9.74. The van der Waals surface area contributed by atoms with Gasteiger partial charge in [0, 0.05) is 17.1 Å². The van der Waals surface area contributed by atoms with Crippen molar-refractivity contribution in [3.05, 3.63) is 44.7 Å². The zero-order chi connectivity index (χ0) is 13.0. The molecule has 0 amide bonds. The van der Waals surface area contributed by atoms with Gasteiger partial charge in [-0.05, 0) is 41.2 Å². The molecule has 0 fully saturated rings. The Morgan fingerprint density at radius 1 is 1.33 bits per heavy atom. The van der Waals surface area contributed by atoms with E-state index in [1.54, 1.807) is 0 Å². The fraction of sp³-hybridized carbons (Fsp3) is 0.250. The Morgan fingerprint density at radius 2 is 2.17 bits per heavy atom. The van der Waals surface area contributed by atoms with Crippen LogP contribution in [0, 0.1) is 0 Å². The van der Waals surface area contributed by atoms with Gasteiger partial charge in [-0.15, -0.1) is 0 Å². The molecule has 0 saturated heterocycles. The summed E-state index contributed by atoms with van der Waals surface area (Å²) in [5, 5.41) is 6.93. The van der Waals surface area contributed by atoms with Crippen molar-refractivity contribution >= 4 is 31.9 Å². The molecule has 1 aromatic carbocycles. The maximum atomic E-state index is 5.65. The smallest absolute Gasteiger partial charge is 0.174 e. The van der Waals surface area contributed by atoms with Gasteiger partial charge in [-0.1, -0.05) is 21.1 Å². The van der Waals surface area contributed by atoms with Gasteiger partial charge in [0.2, 0.25) is 0 Å². The van der Waals surface area contributed by atoms with Crippen molar-refractivity contribution in [2.45, 2.75) is 13.2 Å². The van der Waals surface area contributed by atoms with Gasteiger partial charge in [0.15, 0.2) is 5.76 Å². The average Bonchev–Trinajstić information content (AvgIpc) is 2.76. The third kappa shape index (κ3) is 3.57. The normalized spacial score (nSPS) is 10.6. The summed E-state index contributed by atoms with van der Waals surface area (Å²) < 4.78 is 12.7. The van der Waals surface area contributed by atoms with Gasteiger partial charge >= 0.3 is 0 Å². The Morgan fingerprint density at radius 3 is 2.89 bits per heavy atom. The lowest BCUT2D eigenvalue weighted by molar-refractivity contribution is 0.247. The molecule has 0 unspecified atom stereocenters. The van der Waals surface area contributed by atoms with Crippen LogP contribution in [-0.4, -0.2) is 12.2 Å². The molecule has 0 bridgehead atoms. The summed E-state index contributed by atoms with van der Waals surface area (Å²) in [5.41, 5.74) is 0.867. The van der Waals surface area contributed by atoms with Gasteiger partial charge in [0.1, 0.15) is 12.4 Å². The van der Waals surface area contributed by atoms with Gasteiger partial charge in [-0.2, -0.15) is 0 Å². The van der Waals surface area contributed by atoms with Crippen LogP contribution in [0.15, 0.2) is 37.7 Å². The van der Waals surface area contributed by atoms with Crippen LogP contribution in [0.4, 0.5) is 0 Å². The van der Waals surface area contributed by atoms with Crippen molar-refractivity contribution in [3.63, 3.8) is 0 Å². The molecule has 1 N–H and O–H groups in total. The number of hydrogen-bond acceptors (Lipinski definition) is 4. The molecule has 4 nitrogen and oxygen atoms in total. The largest absolute Gasteiger partial charge is 0.484 e. The number of hydrogen-bond donors (Lipinski definition) is 1. The molecule has 0 aliphatic carbocycles. The summed E-state index contributed by atoms with van der Waals surface area (Å²) in [7, 11) is 1.86. The van der Waals surface area contributed by atoms with E-state index >= 15 is 0 Å². The number of rotatable bonds is 5. The topological polar surface area (TPSA) is 47.3 Å². The highest BCUT2D eigenvalue weighted by Crippen LogP contribution is 2.28. The van der Waals surface area contributed by atoms with E-state index in [0.29, 0.717) is 18.9 Å². The molecule has 0 atom stereocenters. The predicted octanol–water partition coefficient (Wildman–Crippen LogP) is 3.50. The van der Waals surface area contributed by atoms with Crippen molar-refractivity contribution in [2.75, 3.05) is 7.05 Å². The molecule has 0 aliphatic heterocycles. The number of benzene rings is 1. The number of ether oxygens (including phenoxy) is 1. The Labute approximate surface area is 122 Å². The number of nitrogens with one attached hydrogen (secondary N) is 1. The first-order valence-corrected chi connectivity index (χ1v) is 6.94. The third-order valence-electron chi connectivity index (χ3n) is 2.23. The van der Waals surface area contributed by atoms with Crippen LogP contribution in [0.25, 0.3) is 0 Å². The summed E-state index contributed by atoms with van der Waals surface area (Å²) >= 11 is 6.83. The Kier molecular flexibility index (Phi) is 4.79. The number of nitrogens with zero attached hydrogens (tertiary/aromatic N) is 1. The van der Waals surface area contributed by atoms with Gasteiger partial charge in [-0.25, -0.2) is 0 Å². The summed E-state index contributed by atoms with van der Waals surface area (Å²) in [6.45, 7) is 1.04. The van der Waals surface area contributed by atoms with Crippen LogP contribution < -0.4 is 10.1 Å². The quantitative estimate of drug-likeness (QED) is 0.868. The molecule has 0 spiro atoms. The van der Waals surface area contributed by atoms with E-state index in [4.69, 9.17) is 9.26 Å². The Bertz CT molecular complexity index is 529. The fourth-order valence-electron chi connectivity index (χ4n) is 1.43. The fourth-order valence-corrected chi connectivity index (χ4v) is 2.59. The molecule has 0 aliphatic rings. The summed E-state index contributed by atoms with van der Waals surface area (Å²) in [6.07, 6.45) is 0. The second-order valence-corrected chi connectivity index (χ2v) is 5.45. The first-order chi connectivity index (χ1) is 8.69. The maximum Gasteiger partial charge on any atom is 0.174 e. The van der Waals surface area contributed by atoms with E-state index in [2.05, 4.69) is 42.3 Å². The molecule has 0 radical (unpaired) electrons. The standard InChI is InChI=1S/C12H12Br2N2O2/c1-15-6-9-5-10(18-16-9)7-17-12-3-2-8(13)4-11(12)14/h2-5,15H,6-7H2,1H3. The predicted molar refractivity (Wildman–Crippen MR) is 75.4 cm³/mol. The summed E-state index contributed by atoms with van der Waals surface area (Å²) in [4.78, 5) is 0.